The number of hydrogen-bond donors (Lipinski definition) is 2. The van der Waals surface area contributed by atoms with Gasteiger partial charge in [0.25, 0.3) is 5.91 Å². The van der Waals surface area contributed by atoms with Gasteiger partial charge in [0.1, 0.15) is 6.54 Å². The molecule has 0 saturated heterocycles. The molecule has 6 heteroatoms. The van der Waals surface area contributed by atoms with Crippen molar-refractivity contribution in [1.29, 1.82) is 0 Å². The Labute approximate surface area is 83.1 Å². The van der Waals surface area contributed by atoms with Crippen LogP contribution in [0.4, 0.5) is 0 Å². The minimum Gasteiger partial charge on any atom is -0.480 e. The average Bonchev–Trinajstić information content (AvgIpc) is 2.47. The summed E-state index contributed by atoms with van der Waals surface area (Å²) in [5.41, 5.74) is 0. The normalized spacial score (nSPS) is 9.62. The van der Waals surface area contributed by atoms with Crippen molar-refractivity contribution < 1.29 is 14.7 Å². The van der Waals surface area contributed by atoms with Gasteiger partial charge in [0.15, 0.2) is 0 Å². The van der Waals surface area contributed by atoms with Crippen LogP contribution in [0.2, 0.25) is 4.34 Å². The quantitative estimate of drug-likeness (QED) is 0.803. The van der Waals surface area contributed by atoms with Gasteiger partial charge in [-0.2, -0.15) is 0 Å². The Hall–Kier alpha value is -1.07. The number of carbonyl (C=O) groups is 2. The average molecular weight is 220 g/mol. The first-order valence-electron chi connectivity index (χ1n) is 3.35. The van der Waals surface area contributed by atoms with E-state index in [2.05, 4.69) is 5.32 Å². The Kier molecular flexibility index (Phi) is 3.27. The fraction of sp³-hybridized carbons (Fsp3) is 0.143. The van der Waals surface area contributed by atoms with Gasteiger partial charge in [-0.3, -0.25) is 9.59 Å². The molecule has 1 heterocycles. The van der Waals surface area contributed by atoms with Crippen LogP contribution >= 0.6 is 22.9 Å². The zero-order valence-corrected chi connectivity index (χ0v) is 7.98. The van der Waals surface area contributed by atoms with E-state index < -0.39 is 11.9 Å². The summed E-state index contributed by atoms with van der Waals surface area (Å²) in [6, 6.07) is 3.13. The van der Waals surface area contributed by atoms with E-state index in [0.29, 0.717) is 9.21 Å². The first-order valence-corrected chi connectivity index (χ1v) is 4.54. The smallest absolute Gasteiger partial charge is 0.322 e. The SMILES string of the molecule is O=C(O)CNC(=O)c1ccc(Cl)s1. The molecule has 4 nitrogen and oxygen atoms in total. The van der Waals surface area contributed by atoms with E-state index in [-0.39, 0.29) is 6.54 Å². The van der Waals surface area contributed by atoms with E-state index in [1.807, 2.05) is 0 Å². The maximum Gasteiger partial charge on any atom is 0.322 e. The summed E-state index contributed by atoms with van der Waals surface area (Å²) < 4.78 is 0.500. The van der Waals surface area contributed by atoms with Crippen LogP contribution in [0.25, 0.3) is 0 Å². The molecule has 0 unspecified atom stereocenters. The molecule has 13 heavy (non-hydrogen) atoms. The monoisotopic (exact) mass is 219 g/mol. The first-order chi connectivity index (χ1) is 6.09. The molecule has 2 N–H and O–H groups in total. The molecule has 0 bridgehead atoms. The number of thiophene rings is 1. The van der Waals surface area contributed by atoms with E-state index in [1.54, 1.807) is 12.1 Å². The fourth-order valence-electron chi connectivity index (χ4n) is 0.679. The van der Waals surface area contributed by atoms with Crippen molar-refractivity contribution in [3.8, 4) is 0 Å². The molecule has 0 aliphatic rings. The van der Waals surface area contributed by atoms with Crippen molar-refractivity contribution in [2.75, 3.05) is 6.54 Å². The van der Waals surface area contributed by atoms with Gasteiger partial charge in [-0.1, -0.05) is 11.6 Å². The van der Waals surface area contributed by atoms with Gasteiger partial charge in [0, 0.05) is 0 Å². The number of carbonyl (C=O) groups excluding carboxylic acids is 1. The van der Waals surface area contributed by atoms with Crippen molar-refractivity contribution in [2.24, 2.45) is 0 Å². The molecule has 0 saturated carbocycles. The molecule has 0 atom stereocenters. The third-order valence-corrected chi connectivity index (χ3v) is 2.43. The molecule has 70 valence electrons. The predicted octanol–water partition coefficient (Wildman–Crippen LogP) is 1.22. The topological polar surface area (TPSA) is 66.4 Å². The van der Waals surface area contributed by atoms with Crippen LogP contribution in [0, 0.1) is 0 Å². The Bertz CT molecular complexity index is 336. The summed E-state index contributed by atoms with van der Waals surface area (Å²) >= 11 is 6.70. The van der Waals surface area contributed by atoms with Crippen LogP contribution in [0.3, 0.4) is 0 Å². The standard InChI is InChI=1S/C7H6ClNO3S/c8-5-2-1-4(13-5)7(12)9-3-6(10)11/h1-2H,3H2,(H,9,12)(H,10,11). The molecular formula is C7H6ClNO3S. The molecule has 0 aromatic carbocycles. The minimum atomic E-state index is -1.07. The van der Waals surface area contributed by atoms with E-state index >= 15 is 0 Å². The van der Waals surface area contributed by atoms with Crippen molar-refractivity contribution in [2.45, 2.75) is 0 Å². The van der Waals surface area contributed by atoms with E-state index in [1.165, 1.54) is 0 Å². The van der Waals surface area contributed by atoms with Gasteiger partial charge >= 0.3 is 5.97 Å². The number of rotatable bonds is 3. The first kappa shape index (κ1) is 10.0. The molecule has 1 amide bonds. The Morgan fingerprint density at radius 2 is 2.23 bits per heavy atom. The number of aliphatic carboxylic acids is 1. The van der Waals surface area contributed by atoms with Crippen LogP contribution in [-0.2, 0) is 4.79 Å². The number of carboxylic acid groups (broad SMARTS) is 1. The lowest BCUT2D eigenvalue weighted by Crippen LogP contribution is -2.28. The highest BCUT2D eigenvalue weighted by molar-refractivity contribution is 7.17. The van der Waals surface area contributed by atoms with Gasteiger partial charge < -0.3 is 10.4 Å². The Morgan fingerprint density at radius 1 is 1.54 bits per heavy atom. The molecule has 1 aromatic heterocycles. The molecule has 0 aliphatic carbocycles. The van der Waals surface area contributed by atoms with E-state index in [0.717, 1.165) is 11.3 Å². The van der Waals surface area contributed by atoms with Gasteiger partial charge in [-0.05, 0) is 12.1 Å². The van der Waals surface area contributed by atoms with Crippen molar-refractivity contribution in [3.05, 3.63) is 21.3 Å². The van der Waals surface area contributed by atoms with Crippen LogP contribution in [-0.4, -0.2) is 23.5 Å². The zero-order chi connectivity index (χ0) is 9.84. The van der Waals surface area contributed by atoms with Gasteiger partial charge in [0.2, 0.25) is 0 Å². The van der Waals surface area contributed by atoms with E-state index in [9.17, 15) is 9.59 Å². The summed E-state index contributed by atoms with van der Waals surface area (Å²) in [6.45, 7) is -0.381. The van der Waals surface area contributed by atoms with Crippen LogP contribution < -0.4 is 5.32 Å². The van der Waals surface area contributed by atoms with E-state index in [4.69, 9.17) is 16.7 Å². The maximum atomic E-state index is 11.1. The Morgan fingerprint density at radius 3 is 2.69 bits per heavy atom. The number of nitrogens with one attached hydrogen (secondary N) is 1. The molecule has 1 rings (SSSR count). The van der Waals surface area contributed by atoms with Gasteiger partial charge in [-0.15, -0.1) is 11.3 Å². The molecule has 0 fully saturated rings. The largest absolute Gasteiger partial charge is 0.480 e. The summed E-state index contributed by atoms with van der Waals surface area (Å²) in [5.74, 6) is -1.49. The lowest BCUT2D eigenvalue weighted by atomic mass is 10.4. The predicted molar refractivity (Wildman–Crippen MR) is 49.3 cm³/mol. The summed E-state index contributed by atoms with van der Waals surface area (Å²) in [5, 5.41) is 10.5. The zero-order valence-electron chi connectivity index (χ0n) is 6.41. The number of hydrogen-bond acceptors (Lipinski definition) is 3. The minimum absolute atomic E-state index is 0.381. The van der Waals surface area contributed by atoms with Gasteiger partial charge in [0.05, 0.1) is 9.21 Å². The molecule has 1 aromatic rings. The Balaban J connectivity index is 2.54. The number of halogens is 1. The lowest BCUT2D eigenvalue weighted by Gasteiger charge is -1.97. The second-order valence-corrected chi connectivity index (χ2v) is 3.90. The fourth-order valence-corrected chi connectivity index (χ4v) is 1.64. The third kappa shape index (κ3) is 3.04. The van der Waals surface area contributed by atoms with Crippen molar-refractivity contribution in [1.82, 2.24) is 5.32 Å². The second-order valence-electron chi connectivity index (χ2n) is 2.18. The van der Waals surface area contributed by atoms with Crippen molar-refractivity contribution >= 4 is 34.8 Å². The van der Waals surface area contributed by atoms with Crippen LogP contribution in [0.15, 0.2) is 12.1 Å². The van der Waals surface area contributed by atoms with Crippen molar-refractivity contribution in [3.63, 3.8) is 0 Å². The maximum absolute atomic E-state index is 11.1. The molecule has 0 spiro atoms. The molecule has 0 radical (unpaired) electrons. The number of carboxylic acids is 1. The van der Waals surface area contributed by atoms with Gasteiger partial charge in [-0.25, -0.2) is 0 Å². The molecular weight excluding hydrogens is 214 g/mol. The van der Waals surface area contributed by atoms with Crippen LogP contribution in [0.5, 0.6) is 0 Å². The highest BCUT2D eigenvalue weighted by Gasteiger charge is 2.08. The number of amides is 1. The summed E-state index contributed by atoms with van der Waals surface area (Å²) in [4.78, 5) is 21.7. The highest BCUT2D eigenvalue weighted by Crippen LogP contribution is 2.20. The third-order valence-electron chi connectivity index (χ3n) is 1.20. The second kappa shape index (κ2) is 4.25. The molecule has 0 aliphatic heterocycles. The lowest BCUT2D eigenvalue weighted by molar-refractivity contribution is -0.135. The highest BCUT2D eigenvalue weighted by atomic mass is 35.5. The summed E-state index contributed by atoms with van der Waals surface area (Å²) in [6.07, 6.45) is 0. The van der Waals surface area contributed by atoms with Crippen LogP contribution in [0.1, 0.15) is 9.67 Å². The summed E-state index contributed by atoms with van der Waals surface area (Å²) in [7, 11) is 0.